The summed E-state index contributed by atoms with van der Waals surface area (Å²) in [7, 11) is 0. The SMILES string of the molecule is CC(C)[C@H](NC(=O)[C@H](C)NC(=O)[C@H](C)NC(=O)[C@H](CCC(=O)O)NC(=O)[C@@H](NC(=O)[C@@H]1CCCN1C(=O)[C@@H](N)CO)[C@@H](C)O)C(=O)N[C@@H](CCCN=C(N)N)C(=O)N[C@@H](Cc1ccccc1)C(=O)O. The van der Waals surface area contributed by atoms with Crippen LogP contribution in [0.25, 0.3) is 0 Å². The number of aliphatic hydroxyl groups is 2. The molecular formula is C43H68N12O14. The quantitative estimate of drug-likeness (QED) is 0.0212. The molecule has 384 valence electrons. The number of hydrogen-bond acceptors (Lipinski definition) is 14. The Kier molecular flexibility index (Phi) is 24.0. The van der Waals surface area contributed by atoms with E-state index in [0.717, 1.165) is 11.8 Å². The molecule has 0 radical (unpaired) electrons. The Hall–Kier alpha value is -6.93. The first kappa shape index (κ1) is 58.2. The third-order valence-electron chi connectivity index (χ3n) is 10.9. The lowest BCUT2D eigenvalue weighted by Crippen LogP contribution is -2.61. The van der Waals surface area contributed by atoms with E-state index in [9.17, 15) is 68.4 Å². The minimum atomic E-state index is -1.70. The first-order valence-corrected chi connectivity index (χ1v) is 22.4. The third kappa shape index (κ3) is 19.3. The van der Waals surface area contributed by atoms with Crippen LogP contribution in [-0.4, -0.2) is 171 Å². The molecule has 26 heteroatoms. The number of likely N-dealkylation sites (tertiary alicyclic amines) is 1. The normalized spacial score (nSPS) is 17.2. The van der Waals surface area contributed by atoms with Gasteiger partial charge in [0.05, 0.1) is 12.7 Å². The molecule has 17 N–H and O–H groups in total. The van der Waals surface area contributed by atoms with Crippen molar-refractivity contribution in [2.45, 2.75) is 140 Å². The number of benzene rings is 1. The number of guanidine groups is 1. The van der Waals surface area contributed by atoms with Crippen molar-refractivity contribution < 1.29 is 68.4 Å². The van der Waals surface area contributed by atoms with Crippen LogP contribution in [0.15, 0.2) is 35.3 Å². The van der Waals surface area contributed by atoms with Gasteiger partial charge < -0.3 is 79.7 Å². The molecule has 1 aromatic carbocycles. The van der Waals surface area contributed by atoms with Crippen molar-refractivity contribution in [2.75, 3.05) is 19.7 Å². The van der Waals surface area contributed by atoms with Gasteiger partial charge in [0.1, 0.15) is 54.4 Å². The first-order valence-electron chi connectivity index (χ1n) is 22.4. The second kappa shape index (κ2) is 28.4. The molecule has 26 nitrogen and oxygen atoms in total. The maximum atomic E-state index is 13.7. The predicted octanol–water partition coefficient (Wildman–Crippen LogP) is -4.99. The number of carboxylic acid groups (broad SMARTS) is 2. The van der Waals surface area contributed by atoms with Crippen LogP contribution in [0.5, 0.6) is 0 Å². The molecule has 0 bridgehead atoms. The first-order chi connectivity index (χ1) is 32.4. The van der Waals surface area contributed by atoms with Crippen LogP contribution < -0.4 is 54.4 Å². The van der Waals surface area contributed by atoms with Crippen molar-refractivity contribution in [3.63, 3.8) is 0 Å². The molecule has 1 heterocycles. The number of nitrogens with two attached hydrogens (primary N) is 3. The molecule has 0 unspecified atom stereocenters. The molecule has 0 aliphatic carbocycles. The summed E-state index contributed by atoms with van der Waals surface area (Å²) in [5.41, 5.74) is 17.1. The van der Waals surface area contributed by atoms with E-state index in [1.165, 1.54) is 13.8 Å². The van der Waals surface area contributed by atoms with Crippen molar-refractivity contribution >= 4 is 65.2 Å². The minimum absolute atomic E-state index is 0.0372. The van der Waals surface area contributed by atoms with Gasteiger partial charge in [-0.05, 0) is 64.4 Å². The number of rotatable bonds is 28. The summed E-state index contributed by atoms with van der Waals surface area (Å²) >= 11 is 0. The Bertz CT molecular complexity index is 2000. The fourth-order valence-corrected chi connectivity index (χ4v) is 7.00. The van der Waals surface area contributed by atoms with Crippen molar-refractivity contribution in [2.24, 2.45) is 28.1 Å². The van der Waals surface area contributed by atoms with Gasteiger partial charge in [-0.1, -0.05) is 44.2 Å². The monoisotopic (exact) mass is 976 g/mol. The Morgan fingerprint density at radius 2 is 1.25 bits per heavy atom. The Labute approximate surface area is 398 Å². The van der Waals surface area contributed by atoms with Crippen LogP contribution in [0.4, 0.5) is 0 Å². The highest BCUT2D eigenvalue weighted by molar-refractivity contribution is 5.98. The van der Waals surface area contributed by atoms with E-state index in [2.05, 4.69) is 42.2 Å². The maximum Gasteiger partial charge on any atom is 0.326 e. The fraction of sp³-hybridized carbons (Fsp3) is 0.605. The van der Waals surface area contributed by atoms with Crippen LogP contribution >= 0.6 is 0 Å². The highest BCUT2D eigenvalue weighted by atomic mass is 16.4. The number of aliphatic imine (C=N–C) groups is 1. The Morgan fingerprint density at radius 1 is 0.710 bits per heavy atom. The number of nitrogens with zero attached hydrogens (tertiary/aromatic N) is 2. The van der Waals surface area contributed by atoms with Crippen LogP contribution in [0.2, 0.25) is 0 Å². The largest absolute Gasteiger partial charge is 0.481 e. The molecule has 10 atom stereocenters. The summed E-state index contributed by atoms with van der Waals surface area (Å²) in [5.74, 6) is -10.6. The highest BCUT2D eigenvalue weighted by Gasteiger charge is 2.39. The molecule has 1 aliphatic rings. The molecule has 2 rings (SSSR count). The van der Waals surface area contributed by atoms with E-state index in [0.29, 0.717) is 12.0 Å². The maximum absolute atomic E-state index is 13.7. The van der Waals surface area contributed by atoms with Gasteiger partial charge in [0.2, 0.25) is 47.3 Å². The van der Waals surface area contributed by atoms with Crippen LogP contribution in [0.3, 0.4) is 0 Å². The molecule has 69 heavy (non-hydrogen) atoms. The molecule has 0 spiro atoms. The van der Waals surface area contributed by atoms with Crippen molar-refractivity contribution in [3.05, 3.63) is 35.9 Å². The number of aliphatic hydroxyl groups excluding tert-OH is 2. The van der Waals surface area contributed by atoms with Gasteiger partial charge in [-0.3, -0.25) is 48.1 Å². The zero-order valence-electron chi connectivity index (χ0n) is 39.3. The van der Waals surface area contributed by atoms with Crippen LogP contribution in [0.1, 0.15) is 78.7 Å². The fourth-order valence-electron chi connectivity index (χ4n) is 7.00. The minimum Gasteiger partial charge on any atom is -0.481 e. The summed E-state index contributed by atoms with van der Waals surface area (Å²) in [4.78, 5) is 135. The lowest BCUT2D eigenvalue weighted by atomic mass is 10.0. The average molecular weight is 977 g/mol. The topological polar surface area (TPSA) is 429 Å². The second-order valence-corrected chi connectivity index (χ2v) is 17.0. The molecule has 1 saturated heterocycles. The van der Waals surface area contributed by atoms with Crippen molar-refractivity contribution in [3.8, 4) is 0 Å². The summed E-state index contributed by atoms with van der Waals surface area (Å²) < 4.78 is 0. The molecule has 8 amide bonds. The lowest BCUT2D eigenvalue weighted by Gasteiger charge is -2.29. The Balaban J connectivity index is 2.15. The van der Waals surface area contributed by atoms with Crippen molar-refractivity contribution in [1.29, 1.82) is 0 Å². The average Bonchev–Trinajstić information content (AvgIpc) is 3.78. The number of carbonyl (C=O) groups excluding carboxylic acids is 8. The summed E-state index contributed by atoms with van der Waals surface area (Å²) in [5, 5.41) is 55.9. The van der Waals surface area contributed by atoms with Gasteiger partial charge in [-0.25, -0.2) is 4.79 Å². The summed E-state index contributed by atoms with van der Waals surface area (Å²) in [6.45, 7) is 6.39. The Morgan fingerprint density at radius 3 is 1.78 bits per heavy atom. The van der Waals surface area contributed by atoms with Gasteiger partial charge in [-0.2, -0.15) is 0 Å². The van der Waals surface area contributed by atoms with Gasteiger partial charge in [0.25, 0.3) is 0 Å². The molecule has 1 aromatic rings. The van der Waals surface area contributed by atoms with E-state index >= 15 is 0 Å². The van der Waals surface area contributed by atoms with E-state index in [-0.39, 0.29) is 44.7 Å². The standard InChI is InChI=1S/C43H68N12O14/c1-21(2)32(39(65)50-27(13-9-17-47-43(45)46)37(63)52-29(42(68)69)19-25-11-7-6-8-12-25)53-35(61)23(4)48-34(60)22(3)49-36(62)28(15-16-31(58)59)51-40(66)33(24(5)57)54-38(64)30-14-10-18-55(30)41(67)26(44)20-56/h6-8,11-12,21-24,26-30,32-33,56-57H,9-10,13-20,44H2,1-5H3,(H,48,60)(H,49,62)(H,50,65)(H,51,66)(H,52,63)(H,53,61)(H,54,64)(H,58,59)(H,68,69)(H4,45,46,47)/t22-,23-,24+,26-,27-,28-,29-,30-,32-,33-/m0/s1. The van der Waals surface area contributed by atoms with Gasteiger partial charge in [0.15, 0.2) is 5.96 Å². The number of aliphatic carboxylic acids is 2. The zero-order chi connectivity index (χ0) is 52.1. The van der Waals surface area contributed by atoms with E-state index in [4.69, 9.17) is 17.2 Å². The van der Waals surface area contributed by atoms with Gasteiger partial charge in [0, 0.05) is 25.9 Å². The summed E-state index contributed by atoms with van der Waals surface area (Å²) in [6.07, 6.45) is -2.04. The van der Waals surface area contributed by atoms with E-state index in [1.54, 1.807) is 44.2 Å². The number of nitrogens with one attached hydrogen (secondary N) is 7. The molecule has 1 aliphatic heterocycles. The predicted molar refractivity (Wildman–Crippen MR) is 246 cm³/mol. The van der Waals surface area contributed by atoms with Gasteiger partial charge >= 0.3 is 11.9 Å². The summed E-state index contributed by atoms with van der Waals surface area (Å²) in [6, 6.07) is -3.90. The van der Waals surface area contributed by atoms with E-state index in [1.807, 2.05) is 0 Å². The van der Waals surface area contributed by atoms with Crippen LogP contribution in [0, 0.1) is 5.92 Å². The highest BCUT2D eigenvalue weighted by Crippen LogP contribution is 2.19. The number of carbonyl (C=O) groups is 10. The second-order valence-electron chi connectivity index (χ2n) is 17.0. The number of carboxylic acids is 2. The molecule has 0 aromatic heterocycles. The molecule has 0 saturated carbocycles. The van der Waals surface area contributed by atoms with Crippen LogP contribution in [-0.2, 0) is 54.4 Å². The van der Waals surface area contributed by atoms with Gasteiger partial charge in [-0.15, -0.1) is 0 Å². The third-order valence-corrected chi connectivity index (χ3v) is 10.9. The molecular weight excluding hydrogens is 909 g/mol. The van der Waals surface area contributed by atoms with Crippen molar-refractivity contribution in [1.82, 2.24) is 42.1 Å². The number of hydrogen-bond donors (Lipinski definition) is 14. The number of amides is 8. The van der Waals surface area contributed by atoms with E-state index < -0.39 is 145 Å². The smallest absolute Gasteiger partial charge is 0.326 e. The zero-order valence-corrected chi connectivity index (χ0v) is 39.3. The lowest BCUT2D eigenvalue weighted by molar-refractivity contribution is -0.142. The molecule has 1 fully saturated rings.